The predicted octanol–water partition coefficient (Wildman–Crippen LogP) is 2.98. The molecule has 0 radical (unpaired) electrons. The van der Waals surface area contributed by atoms with Crippen LogP contribution in [-0.2, 0) is 4.79 Å². The molecule has 0 aromatic heterocycles. The van der Waals surface area contributed by atoms with Gasteiger partial charge < -0.3 is 5.32 Å². The van der Waals surface area contributed by atoms with Gasteiger partial charge in [-0.15, -0.1) is 0 Å². The zero-order valence-corrected chi connectivity index (χ0v) is 10.1. The summed E-state index contributed by atoms with van der Waals surface area (Å²) >= 11 is 0. The van der Waals surface area contributed by atoms with E-state index in [1.807, 2.05) is 13.0 Å². The van der Waals surface area contributed by atoms with Crippen LogP contribution in [0.15, 0.2) is 12.1 Å². The molecule has 1 aromatic carbocycles. The highest BCUT2D eigenvalue weighted by atomic mass is 19.2. The Labute approximate surface area is 108 Å². The van der Waals surface area contributed by atoms with Gasteiger partial charge in [0.05, 0.1) is 11.8 Å². The van der Waals surface area contributed by atoms with E-state index in [9.17, 15) is 18.0 Å². The number of hydrogen-bond donors (Lipinski definition) is 1. The van der Waals surface area contributed by atoms with E-state index in [1.54, 1.807) is 0 Å². The van der Waals surface area contributed by atoms with Crippen molar-refractivity contribution in [3.05, 3.63) is 29.6 Å². The molecule has 0 atom stereocenters. The van der Waals surface area contributed by atoms with Crippen molar-refractivity contribution in [1.29, 1.82) is 5.26 Å². The smallest absolute Gasteiger partial charge is 0.244 e. The Balaban J connectivity index is 2.21. The van der Waals surface area contributed by atoms with E-state index in [-0.39, 0.29) is 5.92 Å². The molecular weight excluding hydrogens is 257 g/mol. The minimum atomic E-state index is -1.65. The molecule has 100 valence electrons. The second kappa shape index (κ2) is 4.57. The fourth-order valence-corrected chi connectivity index (χ4v) is 2.32. The SMILES string of the molecule is CC1CC(C#N)(C(=O)Nc2ccc(F)c(F)c2F)C1. The number of nitrogens with one attached hydrogen (secondary N) is 1. The second-order valence-electron chi connectivity index (χ2n) is 4.88. The van der Waals surface area contributed by atoms with Gasteiger partial charge in [-0.05, 0) is 30.9 Å². The Morgan fingerprint density at radius 1 is 1.37 bits per heavy atom. The zero-order chi connectivity index (χ0) is 14.2. The first-order valence-corrected chi connectivity index (χ1v) is 5.76. The van der Waals surface area contributed by atoms with Crippen LogP contribution in [-0.4, -0.2) is 5.91 Å². The van der Waals surface area contributed by atoms with Crippen LogP contribution in [0, 0.1) is 40.1 Å². The number of carbonyl (C=O) groups is 1. The normalized spacial score (nSPS) is 25.3. The highest BCUT2D eigenvalue weighted by Crippen LogP contribution is 2.45. The molecule has 0 bridgehead atoms. The molecular formula is C13H11F3N2O. The molecule has 1 fully saturated rings. The summed E-state index contributed by atoms with van der Waals surface area (Å²) in [5.74, 6) is -4.89. The number of anilines is 1. The molecule has 3 nitrogen and oxygen atoms in total. The van der Waals surface area contributed by atoms with Gasteiger partial charge in [0, 0.05) is 0 Å². The van der Waals surface area contributed by atoms with Crippen molar-refractivity contribution in [1.82, 2.24) is 0 Å². The van der Waals surface area contributed by atoms with Crippen LogP contribution >= 0.6 is 0 Å². The van der Waals surface area contributed by atoms with Crippen molar-refractivity contribution in [3.8, 4) is 6.07 Å². The third-order valence-electron chi connectivity index (χ3n) is 3.33. The zero-order valence-electron chi connectivity index (χ0n) is 10.1. The Bertz CT molecular complexity index is 574. The van der Waals surface area contributed by atoms with Gasteiger partial charge >= 0.3 is 0 Å². The number of hydrogen-bond acceptors (Lipinski definition) is 2. The molecule has 0 saturated heterocycles. The Kier molecular flexibility index (Phi) is 3.23. The van der Waals surface area contributed by atoms with Crippen molar-refractivity contribution < 1.29 is 18.0 Å². The van der Waals surface area contributed by atoms with Gasteiger partial charge in [0.15, 0.2) is 17.5 Å². The lowest BCUT2D eigenvalue weighted by Gasteiger charge is -2.39. The average Bonchev–Trinajstić information content (AvgIpc) is 2.35. The van der Waals surface area contributed by atoms with Crippen LogP contribution in [0.2, 0.25) is 0 Å². The molecule has 2 rings (SSSR count). The van der Waals surface area contributed by atoms with Gasteiger partial charge in [-0.2, -0.15) is 5.26 Å². The summed E-state index contributed by atoms with van der Waals surface area (Å²) in [6.45, 7) is 1.89. The van der Waals surface area contributed by atoms with Gasteiger partial charge in [0.2, 0.25) is 5.91 Å². The van der Waals surface area contributed by atoms with E-state index < -0.39 is 34.5 Å². The van der Waals surface area contributed by atoms with E-state index in [0.29, 0.717) is 12.8 Å². The van der Waals surface area contributed by atoms with Gasteiger partial charge in [-0.3, -0.25) is 4.79 Å². The summed E-state index contributed by atoms with van der Waals surface area (Å²) in [5, 5.41) is 11.2. The quantitative estimate of drug-likeness (QED) is 0.838. The minimum absolute atomic E-state index is 0.236. The summed E-state index contributed by atoms with van der Waals surface area (Å²) in [7, 11) is 0. The van der Waals surface area contributed by atoms with E-state index in [1.165, 1.54) is 0 Å². The number of carbonyl (C=O) groups excluding carboxylic acids is 1. The van der Waals surface area contributed by atoms with Crippen molar-refractivity contribution in [2.45, 2.75) is 19.8 Å². The lowest BCUT2D eigenvalue weighted by atomic mass is 9.63. The standard InChI is InChI=1S/C13H11F3N2O/c1-7-4-13(5-7,6-17)12(19)18-9-3-2-8(14)10(15)11(9)16/h2-3,7H,4-5H2,1H3,(H,18,19). The number of nitrogens with zero attached hydrogens (tertiary/aromatic N) is 1. The molecule has 1 aliphatic carbocycles. The molecule has 0 unspecified atom stereocenters. The summed E-state index contributed by atoms with van der Waals surface area (Å²) in [5.41, 5.74) is -1.66. The highest BCUT2D eigenvalue weighted by molar-refractivity contribution is 5.98. The van der Waals surface area contributed by atoms with Crippen LogP contribution in [0.5, 0.6) is 0 Å². The molecule has 1 amide bonds. The minimum Gasteiger partial charge on any atom is -0.322 e. The Morgan fingerprint density at radius 3 is 2.53 bits per heavy atom. The van der Waals surface area contributed by atoms with E-state index in [0.717, 1.165) is 12.1 Å². The first kappa shape index (κ1) is 13.4. The molecule has 1 aromatic rings. The molecule has 0 spiro atoms. The number of nitriles is 1. The predicted molar refractivity (Wildman–Crippen MR) is 61.4 cm³/mol. The van der Waals surface area contributed by atoms with Crippen LogP contribution < -0.4 is 5.32 Å². The maximum absolute atomic E-state index is 13.4. The first-order valence-electron chi connectivity index (χ1n) is 5.76. The number of halogens is 3. The van der Waals surface area contributed by atoms with Crippen LogP contribution in [0.25, 0.3) is 0 Å². The van der Waals surface area contributed by atoms with E-state index in [4.69, 9.17) is 5.26 Å². The largest absolute Gasteiger partial charge is 0.322 e. The topological polar surface area (TPSA) is 52.9 Å². The van der Waals surface area contributed by atoms with Crippen LogP contribution in [0.4, 0.5) is 18.9 Å². The van der Waals surface area contributed by atoms with Gasteiger partial charge in [-0.1, -0.05) is 6.92 Å². The summed E-state index contributed by atoms with van der Waals surface area (Å²) < 4.78 is 39.2. The molecule has 1 N–H and O–H groups in total. The van der Waals surface area contributed by atoms with Crippen molar-refractivity contribution in [2.24, 2.45) is 11.3 Å². The van der Waals surface area contributed by atoms with E-state index in [2.05, 4.69) is 5.32 Å². The lowest BCUT2D eigenvalue weighted by molar-refractivity contribution is -0.128. The van der Waals surface area contributed by atoms with Crippen molar-refractivity contribution in [2.75, 3.05) is 5.32 Å². The number of amides is 1. The highest BCUT2D eigenvalue weighted by Gasteiger charge is 2.49. The molecule has 0 heterocycles. The molecule has 1 aliphatic rings. The van der Waals surface area contributed by atoms with Crippen LogP contribution in [0.1, 0.15) is 19.8 Å². The Hall–Kier alpha value is -2.03. The lowest BCUT2D eigenvalue weighted by Crippen LogP contribution is -2.45. The third kappa shape index (κ3) is 2.16. The maximum atomic E-state index is 13.4. The van der Waals surface area contributed by atoms with E-state index >= 15 is 0 Å². The first-order chi connectivity index (χ1) is 8.89. The summed E-state index contributed by atoms with van der Waals surface area (Å²) in [6, 6.07) is 3.56. The van der Waals surface area contributed by atoms with Crippen molar-refractivity contribution >= 4 is 11.6 Å². The third-order valence-corrected chi connectivity index (χ3v) is 3.33. The molecule has 6 heteroatoms. The molecule has 0 aliphatic heterocycles. The van der Waals surface area contributed by atoms with Gasteiger partial charge in [-0.25, -0.2) is 13.2 Å². The van der Waals surface area contributed by atoms with Gasteiger partial charge in [0.25, 0.3) is 0 Å². The summed E-state index contributed by atoms with van der Waals surface area (Å²) in [4.78, 5) is 11.9. The molecule has 19 heavy (non-hydrogen) atoms. The van der Waals surface area contributed by atoms with Gasteiger partial charge in [0.1, 0.15) is 5.41 Å². The fraction of sp³-hybridized carbons (Fsp3) is 0.385. The van der Waals surface area contributed by atoms with Crippen LogP contribution in [0.3, 0.4) is 0 Å². The average molecular weight is 268 g/mol. The number of rotatable bonds is 2. The second-order valence-corrected chi connectivity index (χ2v) is 4.88. The van der Waals surface area contributed by atoms with Crippen molar-refractivity contribution in [3.63, 3.8) is 0 Å². The Morgan fingerprint density at radius 2 is 2.00 bits per heavy atom. The molecule has 1 saturated carbocycles. The fourth-order valence-electron chi connectivity index (χ4n) is 2.32. The summed E-state index contributed by atoms with van der Waals surface area (Å²) in [6.07, 6.45) is 0.751. The monoisotopic (exact) mass is 268 g/mol. The number of benzene rings is 1. The maximum Gasteiger partial charge on any atom is 0.244 e.